The number of hydrogen-bond acceptors (Lipinski definition) is 3. The fourth-order valence-electron chi connectivity index (χ4n) is 3.23. The number of carbonyl (C=O) groups excluding carboxylic acids is 1. The molecule has 1 unspecified atom stereocenters. The smallest absolute Gasteiger partial charge is 0.260 e. The molecular weight excluding hydrogens is 361 g/mol. The van der Waals surface area contributed by atoms with Gasteiger partial charge in [-0.1, -0.05) is 24.3 Å². The molecule has 0 aromatic heterocycles. The summed E-state index contributed by atoms with van der Waals surface area (Å²) in [6.07, 6.45) is 4.16. The molecule has 0 radical (unpaired) electrons. The van der Waals surface area contributed by atoms with Crippen LogP contribution < -0.4 is 10.1 Å². The summed E-state index contributed by atoms with van der Waals surface area (Å²) >= 11 is 1.60. The van der Waals surface area contributed by atoms with Gasteiger partial charge in [-0.05, 0) is 67.5 Å². The Morgan fingerprint density at radius 3 is 2.78 bits per heavy atom. The van der Waals surface area contributed by atoms with Gasteiger partial charge in [0.05, 0.1) is 0 Å². The first-order valence-electron chi connectivity index (χ1n) is 9.51. The molecule has 3 rings (SSSR count). The van der Waals surface area contributed by atoms with Gasteiger partial charge in [0.15, 0.2) is 6.10 Å². The number of amides is 1. The second kappa shape index (κ2) is 9.79. The number of carbonyl (C=O) groups is 1. The Morgan fingerprint density at radius 1 is 1.19 bits per heavy atom. The van der Waals surface area contributed by atoms with Crippen molar-refractivity contribution in [2.24, 2.45) is 0 Å². The highest BCUT2D eigenvalue weighted by Crippen LogP contribution is 2.25. The van der Waals surface area contributed by atoms with Crippen LogP contribution in [0.1, 0.15) is 36.5 Å². The third-order valence-electron chi connectivity index (χ3n) is 4.76. The topological polar surface area (TPSA) is 38.3 Å². The lowest BCUT2D eigenvalue weighted by atomic mass is 9.92. The van der Waals surface area contributed by atoms with Crippen molar-refractivity contribution in [2.45, 2.75) is 44.5 Å². The summed E-state index contributed by atoms with van der Waals surface area (Å²) < 4.78 is 19.4. The van der Waals surface area contributed by atoms with Crippen LogP contribution in [0.25, 0.3) is 0 Å². The number of nitrogens with one attached hydrogen (secondary N) is 1. The summed E-state index contributed by atoms with van der Waals surface area (Å²) in [5, 5.41) is 2.89. The average Bonchev–Trinajstić information content (AvgIpc) is 2.68. The molecule has 3 nitrogen and oxygen atoms in total. The SMILES string of the molecule is CC(Oc1ccc2c(c1)CCCC2)C(=O)NCCSCc1ccccc1F. The first kappa shape index (κ1) is 19.7. The van der Waals surface area contributed by atoms with Gasteiger partial charge in [-0.25, -0.2) is 4.39 Å². The van der Waals surface area contributed by atoms with E-state index in [0.29, 0.717) is 17.9 Å². The maximum Gasteiger partial charge on any atom is 0.260 e. The van der Waals surface area contributed by atoms with Crippen molar-refractivity contribution in [1.82, 2.24) is 5.32 Å². The minimum Gasteiger partial charge on any atom is -0.481 e. The van der Waals surface area contributed by atoms with E-state index in [1.165, 1.54) is 30.0 Å². The summed E-state index contributed by atoms with van der Waals surface area (Å²) in [5.74, 6) is 1.78. The van der Waals surface area contributed by atoms with Crippen molar-refractivity contribution in [3.8, 4) is 5.75 Å². The molecule has 2 aromatic carbocycles. The van der Waals surface area contributed by atoms with Gasteiger partial charge in [-0.3, -0.25) is 4.79 Å². The summed E-state index contributed by atoms with van der Waals surface area (Å²) in [5.41, 5.74) is 3.44. The molecule has 0 heterocycles. The third kappa shape index (κ3) is 5.73. The van der Waals surface area contributed by atoms with E-state index < -0.39 is 6.10 Å². The number of ether oxygens (including phenoxy) is 1. The van der Waals surface area contributed by atoms with Gasteiger partial charge in [0.1, 0.15) is 11.6 Å². The van der Waals surface area contributed by atoms with Gasteiger partial charge in [0.2, 0.25) is 0 Å². The molecule has 1 N–H and O–H groups in total. The largest absolute Gasteiger partial charge is 0.481 e. The van der Waals surface area contributed by atoms with Gasteiger partial charge in [0, 0.05) is 18.1 Å². The highest BCUT2D eigenvalue weighted by atomic mass is 32.2. The lowest BCUT2D eigenvalue weighted by Gasteiger charge is -2.19. The van der Waals surface area contributed by atoms with Crippen molar-refractivity contribution in [1.29, 1.82) is 0 Å². The van der Waals surface area contributed by atoms with Gasteiger partial charge in [-0.15, -0.1) is 0 Å². The molecule has 0 saturated carbocycles. The first-order valence-corrected chi connectivity index (χ1v) is 10.7. The maximum absolute atomic E-state index is 13.5. The minimum atomic E-state index is -0.539. The van der Waals surface area contributed by atoms with E-state index in [4.69, 9.17) is 4.74 Å². The molecule has 2 aromatic rings. The van der Waals surface area contributed by atoms with Crippen LogP contribution in [0.5, 0.6) is 5.75 Å². The highest BCUT2D eigenvalue weighted by Gasteiger charge is 2.16. The van der Waals surface area contributed by atoms with Crippen LogP contribution in [-0.2, 0) is 23.4 Å². The quantitative estimate of drug-likeness (QED) is 0.677. The van der Waals surface area contributed by atoms with Gasteiger partial charge in [-0.2, -0.15) is 11.8 Å². The molecule has 5 heteroatoms. The maximum atomic E-state index is 13.5. The Hall–Kier alpha value is -2.01. The molecular formula is C22H26FNO2S. The van der Waals surface area contributed by atoms with Gasteiger partial charge < -0.3 is 10.1 Å². The lowest BCUT2D eigenvalue weighted by molar-refractivity contribution is -0.127. The Morgan fingerprint density at radius 2 is 1.96 bits per heavy atom. The molecule has 0 saturated heterocycles. The molecule has 144 valence electrons. The fourth-order valence-corrected chi connectivity index (χ4v) is 4.07. The van der Waals surface area contributed by atoms with Crippen LogP contribution in [0.3, 0.4) is 0 Å². The van der Waals surface area contributed by atoms with Gasteiger partial charge >= 0.3 is 0 Å². The van der Waals surface area contributed by atoms with Crippen LogP contribution in [-0.4, -0.2) is 24.3 Å². The summed E-state index contributed by atoms with van der Waals surface area (Å²) in [6, 6.07) is 12.9. The molecule has 27 heavy (non-hydrogen) atoms. The molecule has 1 aliphatic carbocycles. The van der Waals surface area contributed by atoms with E-state index in [0.717, 1.165) is 24.3 Å². The highest BCUT2D eigenvalue weighted by molar-refractivity contribution is 7.98. The number of aryl methyl sites for hydroxylation is 2. The number of benzene rings is 2. The molecule has 0 spiro atoms. The van der Waals surface area contributed by atoms with Crippen molar-refractivity contribution in [3.05, 3.63) is 65.0 Å². The molecule has 1 aliphatic rings. The van der Waals surface area contributed by atoms with E-state index in [1.807, 2.05) is 12.1 Å². The fraction of sp³-hybridized carbons (Fsp3) is 0.409. The molecule has 1 atom stereocenters. The summed E-state index contributed by atoms with van der Waals surface area (Å²) in [7, 11) is 0. The summed E-state index contributed by atoms with van der Waals surface area (Å²) in [6.45, 7) is 2.30. The third-order valence-corrected chi connectivity index (χ3v) is 5.77. The van der Waals surface area contributed by atoms with Crippen molar-refractivity contribution in [2.75, 3.05) is 12.3 Å². The van der Waals surface area contributed by atoms with E-state index in [9.17, 15) is 9.18 Å². The Kier molecular flexibility index (Phi) is 7.16. The molecule has 0 fully saturated rings. The Bertz CT molecular complexity index is 781. The zero-order valence-electron chi connectivity index (χ0n) is 15.7. The van der Waals surface area contributed by atoms with E-state index >= 15 is 0 Å². The zero-order chi connectivity index (χ0) is 19.1. The molecule has 0 bridgehead atoms. The second-order valence-corrected chi connectivity index (χ2v) is 7.94. The Labute approximate surface area is 164 Å². The van der Waals surface area contributed by atoms with Crippen LogP contribution >= 0.6 is 11.8 Å². The van der Waals surface area contributed by atoms with Crippen LogP contribution in [0.2, 0.25) is 0 Å². The van der Waals surface area contributed by atoms with Crippen molar-refractivity contribution >= 4 is 17.7 Å². The first-order chi connectivity index (χ1) is 13.1. The minimum absolute atomic E-state index is 0.126. The Balaban J connectivity index is 1.38. The van der Waals surface area contributed by atoms with Crippen molar-refractivity contribution < 1.29 is 13.9 Å². The normalized spacial score (nSPS) is 14.3. The predicted molar refractivity (Wildman–Crippen MR) is 109 cm³/mol. The van der Waals surface area contributed by atoms with E-state index in [1.54, 1.807) is 30.8 Å². The lowest BCUT2D eigenvalue weighted by Crippen LogP contribution is -2.37. The number of fused-ring (bicyclic) bond motifs is 1. The zero-order valence-corrected chi connectivity index (χ0v) is 16.5. The standard InChI is InChI=1S/C22H26FNO2S/c1-16(26-20-11-10-17-6-2-3-7-18(17)14-20)22(25)24-12-13-27-15-19-8-4-5-9-21(19)23/h4-5,8-11,14,16H,2-3,6-7,12-13,15H2,1H3,(H,24,25). The number of hydrogen-bond donors (Lipinski definition) is 1. The molecule has 0 aliphatic heterocycles. The monoisotopic (exact) mass is 387 g/mol. The number of rotatable bonds is 8. The number of halogens is 1. The van der Waals surface area contributed by atoms with Crippen LogP contribution in [0.4, 0.5) is 4.39 Å². The second-order valence-electron chi connectivity index (χ2n) is 6.83. The van der Waals surface area contributed by atoms with Crippen LogP contribution in [0, 0.1) is 5.82 Å². The average molecular weight is 388 g/mol. The van der Waals surface area contributed by atoms with E-state index in [-0.39, 0.29) is 11.7 Å². The van der Waals surface area contributed by atoms with Gasteiger partial charge in [0.25, 0.3) is 5.91 Å². The molecule has 1 amide bonds. The van der Waals surface area contributed by atoms with E-state index in [2.05, 4.69) is 17.4 Å². The van der Waals surface area contributed by atoms with Crippen LogP contribution in [0.15, 0.2) is 42.5 Å². The predicted octanol–water partition coefficient (Wildman–Crippen LogP) is 4.52. The number of thioether (sulfide) groups is 1. The summed E-state index contributed by atoms with van der Waals surface area (Å²) in [4.78, 5) is 12.2. The van der Waals surface area contributed by atoms with Crippen molar-refractivity contribution in [3.63, 3.8) is 0 Å².